The maximum absolute atomic E-state index is 13.6. The monoisotopic (exact) mass is 1020 g/mol. The van der Waals surface area contributed by atoms with E-state index in [0.29, 0.717) is 34.8 Å². The van der Waals surface area contributed by atoms with Crippen LogP contribution in [0.25, 0.3) is 0 Å². The summed E-state index contributed by atoms with van der Waals surface area (Å²) in [7, 11) is 0. The molecule has 0 bridgehead atoms. The molecule has 0 aliphatic heterocycles. The average Bonchev–Trinajstić information content (AvgIpc) is 3.96. The molecule has 0 aliphatic carbocycles. The molecule has 4 heterocycles. The van der Waals surface area contributed by atoms with E-state index in [0.717, 1.165) is 19.9 Å². The van der Waals surface area contributed by atoms with E-state index in [1.807, 2.05) is 54.6 Å². The first-order valence-electron chi connectivity index (χ1n) is 18.3. The van der Waals surface area contributed by atoms with E-state index in [4.69, 9.17) is 0 Å². The molecule has 63 heavy (non-hydrogen) atoms. The number of benzene rings is 3. The summed E-state index contributed by atoms with van der Waals surface area (Å²) < 4.78 is 158. The standard InChI is InChI=1S/C15H12F9GeN6.3C7H8.C5H4F3GeN2/c1-7-4-12(15(22,23)24)31(26-7)25(29-8(2)5-10(27-29)13(16,17)18)30-9(3)6-11(28-30)14(19,20)21;3*1-7-5-3-2-4-6-7;1-3-2-4(5(6,7)8)10-11(3)9/h4-6H,1-3H3;3*2-6H,1H3;2H,1H3. The molecule has 7 aromatic rings. The fourth-order valence-electron chi connectivity index (χ4n) is 4.97. The molecule has 7 rings (SSSR count). The maximum atomic E-state index is 13.6. The Morgan fingerprint density at radius 1 is 0.397 bits per heavy atom. The van der Waals surface area contributed by atoms with E-state index in [1.165, 1.54) is 44.0 Å². The van der Waals surface area contributed by atoms with Gasteiger partial charge in [0.15, 0.2) is 0 Å². The van der Waals surface area contributed by atoms with E-state index < -0.39 is 62.5 Å². The van der Waals surface area contributed by atoms with Crippen LogP contribution >= 0.6 is 0 Å². The van der Waals surface area contributed by atoms with Crippen LogP contribution in [-0.4, -0.2) is 66.7 Å². The van der Waals surface area contributed by atoms with Gasteiger partial charge in [-0.25, -0.2) is 0 Å². The summed E-state index contributed by atoms with van der Waals surface area (Å²) in [4.78, 5) is 0. The van der Waals surface area contributed by atoms with E-state index >= 15 is 0 Å². The van der Waals surface area contributed by atoms with Crippen LogP contribution in [0.15, 0.2) is 115 Å². The van der Waals surface area contributed by atoms with Crippen molar-refractivity contribution in [1.29, 1.82) is 0 Å². The number of hydrogen-bond acceptors (Lipinski definition) is 4. The van der Waals surface area contributed by atoms with E-state index in [2.05, 4.69) is 77.6 Å². The fraction of sp³-hybridized carbons (Fsp3) is 0.268. The van der Waals surface area contributed by atoms with Crippen LogP contribution in [0.2, 0.25) is 0 Å². The van der Waals surface area contributed by atoms with Crippen LogP contribution in [-0.2, 0) is 24.7 Å². The van der Waals surface area contributed by atoms with Crippen molar-refractivity contribution in [3.05, 3.63) is 178 Å². The summed E-state index contributed by atoms with van der Waals surface area (Å²) >= 11 is -2.81. The van der Waals surface area contributed by atoms with Gasteiger partial charge in [0.1, 0.15) is 0 Å². The number of rotatable bonds is 3. The van der Waals surface area contributed by atoms with E-state index in [1.54, 1.807) is 6.92 Å². The van der Waals surface area contributed by atoms with Gasteiger partial charge in [-0.2, -0.15) is 0 Å². The number of alkyl halides is 12. The molecule has 0 amide bonds. The van der Waals surface area contributed by atoms with Crippen LogP contribution in [0.4, 0.5) is 52.7 Å². The van der Waals surface area contributed by atoms with Gasteiger partial charge in [0.2, 0.25) is 0 Å². The molecule has 0 N–H and O–H groups in total. The zero-order valence-corrected chi connectivity index (χ0v) is 38.8. The zero-order valence-electron chi connectivity index (χ0n) is 34.6. The largest absolute Gasteiger partial charge is 0.0622 e. The molecule has 4 aromatic heterocycles. The predicted molar refractivity (Wildman–Crippen MR) is 215 cm³/mol. The van der Waals surface area contributed by atoms with Gasteiger partial charge in [-0.05, 0) is 20.8 Å². The quantitative estimate of drug-likeness (QED) is 0.131. The molecule has 22 heteroatoms. The summed E-state index contributed by atoms with van der Waals surface area (Å²) in [6.07, 6.45) is -19.1. The Balaban J connectivity index is 0.000000263. The normalized spacial score (nSPS) is 11.6. The van der Waals surface area contributed by atoms with Crippen LogP contribution in [0.1, 0.15) is 62.2 Å². The Kier molecular flexibility index (Phi) is 18.1. The van der Waals surface area contributed by atoms with Crippen molar-refractivity contribution in [3.63, 3.8) is 0 Å². The van der Waals surface area contributed by atoms with Gasteiger partial charge in [0.05, 0.1) is 0 Å². The molecule has 0 atom stereocenters. The molecule has 0 spiro atoms. The number of aryl methyl sites for hydroxylation is 7. The Labute approximate surface area is 368 Å². The molecular weight excluding hydrogens is 978 g/mol. The van der Waals surface area contributed by atoms with Gasteiger partial charge in [0, 0.05) is 0 Å². The van der Waals surface area contributed by atoms with Crippen molar-refractivity contribution >= 4 is 31.8 Å². The zero-order chi connectivity index (χ0) is 47.5. The van der Waals surface area contributed by atoms with Gasteiger partial charge in [0.25, 0.3) is 0 Å². The maximum Gasteiger partial charge on any atom is -0.0398 e. The molecular formula is C41H40F12Ge2N8. The SMILES string of the molecule is Cc1cc(C(F)(F)F)[n]([Ge]([n]2nc(C(F)(F)F)cc2C)[n]2nc(C(F)(F)F)cc2C)n1.Cc1cc(C(F)(F)F)n[n]1[Ge].Cc1ccccc1.Cc1ccccc1.Cc1ccccc1. The third kappa shape index (κ3) is 16.1. The first kappa shape index (κ1) is 52.1. The van der Waals surface area contributed by atoms with Gasteiger partial charge in [-0.1, -0.05) is 108 Å². The minimum absolute atomic E-state index is 0.126. The predicted octanol–water partition coefficient (Wildman–Crippen LogP) is 11.3. The van der Waals surface area contributed by atoms with E-state index in [9.17, 15) is 52.7 Å². The third-order valence-corrected chi connectivity index (χ3v) is 14.0. The van der Waals surface area contributed by atoms with Crippen molar-refractivity contribution in [3.8, 4) is 0 Å². The minimum atomic E-state index is -4.97. The average molecular weight is 1020 g/mol. The van der Waals surface area contributed by atoms with E-state index in [-0.39, 0.29) is 17.1 Å². The number of aromatic nitrogens is 8. The first-order valence-corrected chi connectivity index (χ1v) is 22.0. The molecule has 336 valence electrons. The van der Waals surface area contributed by atoms with Gasteiger partial charge >= 0.3 is 242 Å². The summed E-state index contributed by atoms with van der Waals surface area (Å²) in [5.41, 5.74) is -1.02. The summed E-state index contributed by atoms with van der Waals surface area (Å²) in [5, 5.41) is 13.8. The summed E-state index contributed by atoms with van der Waals surface area (Å²) in [6.45, 7) is 11.4. The number of nitrogens with zero attached hydrogens (tertiary/aromatic N) is 8. The van der Waals surface area contributed by atoms with Crippen molar-refractivity contribution in [2.24, 2.45) is 0 Å². The Hall–Kier alpha value is -5.25. The van der Waals surface area contributed by atoms with Gasteiger partial charge in [-0.15, -0.1) is 0 Å². The first-order chi connectivity index (χ1) is 29.1. The van der Waals surface area contributed by atoms with Crippen molar-refractivity contribution in [2.75, 3.05) is 0 Å². The Bertz CT molecular complexity index is 2280. The fourth-order valence-corrected chi connectivity index (χ4v) is 10.3. The van der Waals surface area contributed by atoms with Crippen LogP contribution < -0.4 is 0 Å². The Morgan fingerprint density at radius 3 is 0.937 bits per heavy atom. The topological polar surface area (TPSA) is 71.3 Å². The second kappa shape index (κ2) is 21.9. The number of halogens is 12. The molecule has 3 aromatic carbocycles. The third-order valence-electron chi connectivity index (χ3n) is 8.05. The minimum Gasteiger partial charge on any atom is -0.0622 e. The van der Waals surface area contributed by atoms with Crippen molar-refractivity contribution in [1.82, 2.24) is 35.0 Å². The molecule has 8 nitrogen and oxygen atoms in total. The molecule has 4 radical (unpaired) electrons. The molecule has 0 aliphatic rings. The van der Waals surface area contributed by atoms with Gasteiger partial charge in [-0.3, -0.25) is 0 Å². The second-order valence-corrected chi connectivity index (χ2v) is 18.4. The number of hydrogen-bond donors (Lipinski definition) is 0. The van der Waals surface area contributed by atoms with Crippen LogP contribution in [0, 0.1) is 48.5 Å². The summed E-state index contributed by atoms with van der Waals surface area (Å²) in [6, 6.07) is 33.6. The molecule has 0 saturated heterocycles. The smallest absolute Gasteiger partial charge is 0.0398 e. The van der Waals surface area contributed by atoms with Crippen molar-refractivity contribution < 1.29 is 52.7 Å². The molecule has 0 saturated carbocycles. The van der Waals surface area contributed by atoms with Crippen molar-refractivity contribution in [2.45, 2.75) is 73.2 Å². The van der Waals surface area contributed by atoms with Crippen LogP contribution in [0.3, 0.4) is 0 Å². The second-order valence-electron chi connectivity index (χ2n) is 13.6. The molecule has 0 unspecified atom stereocenters. The molecule has 0 fully saturated rings. The van der Waals surface area contributed by atoms with Gasteiger partial charge < -0.3 is 0 Å². The summed E-state index contributed by atoms with van der Waals surface area (Å²) in [5.74, 6) is 0. The Morgan fingerprint density at radius 2 is 0.714 bits per heavy atom. The van der Waals surface area contributed by atoms with Crippen LogP contribution in [0.5, 0.6) is 0 Å².